The maximum Gasteiger partial charge on any atom is 0.291 e. The molecule has 136 valence electrons. The number of rotatable bonds is 5. The molecule has 1 aliphatic rings. The Morgan fingerprint density at radius 3 is 2.73 bits per heavy atom. The first-order valence-corrected chi connectivity index (χ1v) is 9.23. The molecule has 0 aliphatic heterocycles. The third-order valence-corrected chi connectivity index (χ3v) is 5.67. The van der Waals surface area contributed by atoms with Gasteiger partial charge in [0.2, 0.25) is 5.82 Å². The molecule has 9 nitrogen and oxygen atoms in total. The number of thiophene rings is 1. The Morgan fingerprint density at radius 2 is 2.08 bits per heavy atom. The van der Waals surface area contributed by atoms with Crippen molar-refractivity contribution in [2.24, 2.45) is 14.1 Å². The summed E-state index contributed by atoms with van der Waals surface area (Å²) in [5.74, 6) is -0.281. The highest BCUT2D eigenvalue weighted by Gasteiger charge is 2.23. The van der Waals surface area contributed by atoms with Gasteiger partial charge in [0.05, 0.1) is 17.1 Å². The molecule has 1 fully saturated rings. The molecule has 0 aromatic carbocycles. The standard InChI is InChI=1S/C16H19N7O2S/c1-22-8-18-13(21-22)15(25)17-7-11-10-6-12(26-16(10)23(2)20-11)14(24)19-9-4-3-5-9/h6,8-9H,3-5,7H2,1-2H3,(H,17,25)(H,19,24). The van der Waals surface area contributed by atoms with E-state index in [0.29, 0.717) is 16.6 Å². The summed E-state index contributed by atoms with van der Waals surface area (Å²) in [6.45, 7) is 0.245. The molecular formula is C16H19N7O2S. The summed E-state index contributed by atoms with van der Waals surface area (Å²) in [5, 5.41) is 15.1. The average molecular weight is 373 g/mol. The molecule has 0 bridgehead atoms. The highest BCUT2D eigenvalue weighted by molar-refractivity contribution is 7.20. The summed E-state index contributed by atoms with van der Waals surface area (Å²) in [4.78, 5) is 30.0. The van der Waals surface area contributed by atoms with Crippen molar-refractivity contribution in [3.8, 4) is 0 Å². The van der Waals surface area contributed by atoms with E-state index < -0.39 is 0 Å². The van der Waals surface area contributed by atoms with Crippen LogP contribution in [-0.4, -0.2) is 42.4 Å². The van der Waals surface area contributed by atoms with Crippen molar-refractivity contribution >= 4 is 33.4 Å². The van der Waals surface area contributed by atoms with Crippen LogP contribution >= 0.6 is 11.3 Å². The van der Waals surface area contributed by atoms with Gasteiger partial charge in [0, 0.05) is 25.5 Å². The average Bonchev–Trinajstić information content (AvgIpc) is 3.26. The molecule has 3 aromatic rings. The lowest BCUT2D eigenvalue weighted by atomic mass is 9.93. The quantitative estimate of drug-likeness (QED) is 0.693. The van der Waals surface area contributed by atoms with Crippen LogP contribution in [0.4, 0.5) is 0 Å². The van der Waals surface area contributed by atoms with Crippen LogP contribution < -0.4 is 10.6 Å². The molecule has 26 heavy (non-hydrogen) atoms. The molecule has 10 heteroatoms. The van der Waals surface area contributed by atoms with E-state index in [1.54, 1.807) is 11.7 Å². The third kappa shape index (κ3) is 3.07. The van der Waals surface area contributed by atoms with Gasteiger partial charge in [-0.25, -0.2) is 4.98 Å². The predicted octanol–water partition coefficient (Wildman–Crippen LogP) is 0.976. The molecule has 0 radical (unpaired) electrons. The van der Waals surface area contributed by atoms with Gasteiger partial charge in [-0.2, -0.15) is 5.10 Å². The van der Waals surface area contributed by atoms with E-state index in [4.69, 9.17) is 0 Å². The topological polar surface area (TPSA) is 107 Å². The van der Waals surface area contributed by atoms with E-state index in [1.165, 1.54) is 28.8 Å². The lowest BCUT2D eigenvalue weighted by Gasteiger charge is -2.25. The number of nitrogens with one attached hydrogen (secondary N) is 2. The Bertz CT molecular complexity index is 982. The molecular weight excluding hydrogens is 354 g/mol. The van der Waals surface area contributed by atoms with Crippen LogP contribution in [0.25, 0.3) is 10.2 Å². The molecule has 0 unspecified atom stereocenters. The molecule has 1 aliphatic carbocycles. The summed E-state index contributed by atoms with van der Waals surface area (Å²) in [7, 11) is 3.53. The smallest absolute Gasteiger partial charge is 0.291 e. The zero-order valence-corrected chi connectivity index (χ0v) is 15.3. The molecule has 2 amide bonds. The van der Waals surface area contributed by atoms with E-state index in [0.717, 1.165) is 23.1 Å². The number of fused-ring (bicyclic) bond motifs is 1. The van der Waals surface area contributed by atoms with Gasteiger partial charge >= 0.3 is 0 Å². The van der Waals surface area contributed by atoms with E-state index in [9.17, 15) is 9.59 Å². The largest absolute Gasteiger partial charge is 0.349 e. The summed E-state index contributed by atoms with van der Waals surface area (Å²) in [5.41, 5.74) is 0.714. The molecule has 1 saturated carbocycles. The fraction of sp³-hybridized carbons (Fsp3) is 0.438. The Kier molecular flexibility index (Phi) is 4.19. The lowest BCUT2D eigenvalue weighted by molar-refractivity contribution is 0.0918. The molecule has 0 spiro atoms. The van der Waals surface area contributed by atoms with Gasteiger partial charge in [-0.3, -0.25) is 19.0 Å². The third-order valence-electron chi connectivity index (χ3n) is 4.47. The van der Waals surface area contributed by atoms with E-state index in [-0.39, 0.29) is 24.2 Å². The summed E-state index contributed by atoms with van der Waals surface area (Å²) in [6.07, 6.45) is 4.75. The zero-order valence-electron chi connectivity index (χ0n) is 14.5. The van der Waals surface area contributed by atoms with Crippen molar-refractivity contribution in [1.82, 2.24) is 35.2 Å². The van der Waals surface area contributed by atoms with Crippen molar-refractivity contribution in [1.29, 1.82) is 0 Å². The Labute approximate surface area is 153 Å². The molecule has 0 atom stereocenters. The van der Waals surface area contributed by atoms with Crippen LogP contribution in [0.5, 0.6) is 0 Å². The van der Waals surface area contributed by atoms with Crippen molar-refractivity contribution in [3.05, 3.63) is 28.8 Å². The van der Waals surface area contributed by atoms with Gasteiger partial charge in [-0.15, -0.1) is 16.4 Å². The number of amides is 2. The van der Waals surface area contributed by atoms with Crippen molar-refractivity contribution in [2.75, 3.05) is 0 Å². The van der Waals surface area contributed by atoms with Gasteiger partial charge in [-0.05, 0) is 25.3 Å². The number of aryl methyl sites for hydroxylation is 2. The summed E-state index contributed by atoms with van der Waals surface area (Å²) < 4.78 is 3.21. The number of carbonyl (C=O) groups excluding carboxylic acids is 2. The van der Waals surface area contributed by atoms with Crippen molar-refractivity contribution < 1.29 is 9.59 Å². The highest BCUT2D eigenvalue weighted by Crippen LogP contribution is 2.29. The second-order valence-electron chi connectivity index (χ2n) is 6.43. The van der Waals surface area contributed by atoms with Gasteiger partial charge in [0.15, 0.2) is 0 Å². The number of hydrogen-bond acceptors (Lipinski definition) is 6. The fourth-order valence-electron chi connectivity index (χ4n) is 2.85. The molecule has 3 heterocycles. The lowest BCUT2D eigenvalue weighted by Crippen LogP contribution is -2.39. The van der Waals surface area contributed by atoms with Crippen LogP contribution in [0.15, 0.2) is 12.4 Å². The number of hydrogen-bond donors (Lipinski definition) is 2. The maximum atomic E-state index is 12.4. The SMILES string of the molecule is Cn1cnc(C(=O)NCc2nn(C)c3sc(C(=O)NC4CCC4)cc23)n1. The minimum atomic E-state index is -0.359. The predicted molar refractivity (Wildman–Crippen MR) is 95.9 cm³/mol. The molecule has 3 aromatic heterocycles. The van der Waals surface area contributed by atoms with Gasteiger partial charge in [-0.1, -0.05) is 0 Å². The minimum absolute atomic E-state index is 0.0384. The Balaban J connectivity index is 1.50. The van der Waals surface area contributed by atoms with Crippen LogP contribution in [0.1, 0.15) is 45.2 Å². The molecule has 0 saturated heterocycles. The van der Waals surface area contributed by atoms with Gasteiger partial charge in [0.1, 0.15) is 11.2 Å². The normalized spacial score (nSPS) is 14.4. The number of carbonyl (C=O) groups is 2. The second-order valence-corrected chi connectivity index (χ2v) is 7.46. The van der Waals surface area contributed by atoms with E-state index in [2.05, 4.69) is 25.8 Å². The minimum Gasteiger partial charge on any atom is -0.349 e. The van der Waals surface area contributed by atoms with Crippen LogP contribution in [0.2, 0.25) is 0 Å². The van der Waals surface area contributed by atoms with Gasteiger partial charge in [0.25, 0.3) is 11.8 Å². The zero-order chi connectivity index (χ0) is 18.3. The Morgan fingerprint density at radius 1 is 1.27 bits per heavy atom. The summed E-state index contributed by atoms with van der Waals surface area (Å²) in [6, 6.07) is 2.15. The summed E-state index contributed by atoms with van der Waals surface area (Å²) >= 11 is 1.41. The van der Waals surface area contributed by atoms with Crippen molar-refractivity contribution in [3.63, 3.8) is 0 Å². The number of aromatic nitrogens is 5. The fourth-order valence-corrected chi connectivity index (χ4v) is 3.84. The first-order valence-electron chi connectivity index (χ1n) is 8.41. The maximum absolute atomic E-state index is 12.4. The monoisotopic (exact) mass is 373 g/mol. The van der Waals surface area contributed by atoms with Gasteiger partial charge < -0.3 is 10.6 Å². The second kappa shape index (κ2) is 6.52. The Hall–Kier alpha value is -2.75. The molecule has 2 N–H and O–H groups in total. The van der Waals surface area contributed by atoms with Crippen LogP contribution in [-0.2, 0) is 20.6 Å². The van der Waals surface area contributed by atoms with E-state index in [1.807, 2.05) is 13.1 Å². The molecule has 4 rings (SSSR count). The van der Waals surface area contributed by atoms with Crippen molar-refractivity contribution in [2.45, 2.75) is 31.8 Å². The highest BCUT2D eigenvalue weighted by atomic mass is 32.1. The van der Waals surface area contributed by atoms with E-state index >= 15 is 0 Å². The first-order chi connectivity index (χ1) is 12.5. The number of nitrogens with zero attached hydrogens (tertiary/aromatic N) is 5. The first kappa shape index (κ1) is 16.7. The van der Waals surface area contributed by atoms with Crippen LogP contribution in [0.3, 0.4) is 0 Å². The van der Waals surface area contributed by atoms with Crippen LogP contribution in [0, 0.1) is 0 Å².